The van der Waals surface area contributed by atoms with Crippen molar-refractivity contribution in [3.63, 3.8) is 0 Å². The monoisotopic (exact) mass is 438 g/mol. The van der Waals surface area contributed by atoms with Crippen molar-refractivity contribution < 1.29 is 0 Å². The third-order valence-electron chi connectivity index (χ3n) is 7.86. The minimum Gasteiger partial charge on any atom is -0.0810 e. The van der Waals surface area contributed by atoms with Crippen molar-refractivity contribution in [1.29, 1.82) is 0 Å². The van der Waals surface area contributed by atoms with Gasteiger partial charge in [-0.3, -0.25) is 0 Å². The summed E-state index contributed by atoms with van der Waals surface area (Å²) in [5.41, 5.74) is 12.3. The fourth-order valence-corrected chi connectivity index (χ4v) is 6.35. The van der Waals surface area contributed by atoms with Crippen LogP contribution in [-0.2, 0) is 5.41 Å². The van der Waals surface area contributed by atoms with Gasteiger partial charge >= 0.3 is 0 Å². The van der Waals surface area contributed by atoms with Crippen LogP contribution in [0.15, 0.2) is 126 Å². The summed E-state index contributed by atoms with van der Waals surface area (Å²) in [4.78, 5) is 0. The van der Waals surface area contributed by atoms with Crippen molar-refractivity contribution in [3.8, 4) is 11.1 Å². The third kappa shape index (κ3) is 2.98. The lowest BCUT2D eigenvalue weighted by molar-refractivity contribution is 0.717. The first kappa shape index (κ1) is 20.9. The molecule has 0 bridgehead atoms. The smallest absolute Gasteiger partial charge is 0.0715 e. The summed E-state index contributed by atoms with van der Waals surface area (Å²) in [6, 6.07) is 38.2. The Morgan fingerprint density at radius 3 is 2.06 bits per heavy atom. The third-order valence-corrected chi connectivity index (χ3v) is 7.86. The summed E-state index contributed by atoms with van der Waals surface area (Å²) in [5, 5.41) is 0. The first-order chi connectivity index (χ1) is 16.7. The average Bonchev–Trinajstić information content (AvgIpc) is 3.21. The van der Waals surface area contributed by atoms with Crippen LogP contribution in [-0.4, -0.2) is 0 Å². The van der Waals surface area contributed by atoms with Gasteiger partial charge in [0.15, 0.2) is 0 Å². The van der Waals surface area contributed by atoms with Gasteiger partial charge in [-0.05, 0) is 64.3 Å². The SMILES string of the molecule is CC1=CCCC=C1C1(c2ccccc2)c2ccccc2-c2cccc(C(C)c3ccccc3)c21. The maximum absolute atomic E-state index is 2.51. The van der Waals surface area contributed by atoms with Crippen LogP contribution in [0.2, 0.25) is 0 Å². The lowest BCUT2D eigenvalue weighted by Gasteiger charge is -2.39. The van der Waals surface area contributed by atoms with E-state index in [1.54, 1.807) is 0 Å². The van der Waals surface area contributed by atoms with Gasteiger partial charge in [0.25, 0.3) is 0 Å². The topological polar surface area (TPSA) is 0 Å². The Morgan fingerprint density at radius 2 is 1.29 bits per heavy atom. The molecule has 2 aliphatic rings. The van der Waals surface area contributed by atoms with E-state index in [0.717, 1.165) is 12.8 Å². The van der Waals surface area contributed by atoms with Gasteiger partial charge in [-0.15, -0.1) is 0 Å². The standard InChI is InChI=1S/C34H30/c1-24-14-9-11-22-31(24)34(27-17-7-4-8-18-27)32-23-12-10-19-29(32)30-21-13-20-28(33(30)34)25(2)26-15-5-3-6-16-26/h3-8,10,12-23,25H,9,11H2,1-2H3. The molecule has 0 aliphatic heterocycles. The number of fused-ring (bicyclic) bond motifs is 3. The molecule has 0 N–H and O–H groups in total. The van der Waals surface area contributed by atoms with Crippen molar-refractivity contribution in [2.24, 2.45) is 0 Å². The molecular formula is C34H30. The Labute approximate surface area is 203 Å². The molecule has 2 aliphatic carbocycles. The molecule has 0 saturated heterocycles. The Morgan fingerprint density at radius 1 is 0.647 bits per heavy atom. The molecule has 0 aromatic heterocycles. The van der Waals surface area contributed by atoms with Crippen molar-refractivity contribution in [1.82, 2.24) is 0 Å². The molecule has 4 aromatic carbocycles. The van der Waals surface area contributed by atoms with E-state index in [1.807, 2.05) is 0 Å². The highest BCUT2D eigenvalue weighted by molar-refractivity contribution is 5.88. The van der Waals surface area contributed by atoms with Gasteiger partial charge in [-0.25, -0.2) is 0 Å². The molecule has 166 valence electrons. The van der Waals surface area contributed by atoms with Crippen LogP contribution in [0.25, 0.3) is 11.1 Å². The lowest BCUT2D eigenvalue weighted by atomic mass is 9.62. The van der Waals surface area contributed by atoms with Crippen molar-refractivity contribution in [2.45, 2.75) is 38.0 Å². The molecule has 0 fully saturated rings. The largest absolute Gasteiger partial charge is 0.0810 e. The highest BCUT2D eigenvalue weighted by Gasteiger charge is 2.49. The van der Waals surface area contributed by atoms with Gasteiger partial charge in [-0.2, -0.15) is 0 Å². The van der Waals surface area contributed by atoms with Crippen LogP contribution in [0.5, 0.6) is 0 Å². The normalized spacial score (nSPS) is 19.6. The average molecular weight is 439 g/mol. The Hall–Kier alpha value is -3.64. The molecule has 0 amide bonds. The fourth-order valence-electron chi connectivity index (χ4n) is 6.35. The predicted molar refractivity (Wildman–Crippen MR) is 143 cm³/mol. The molecule has 0 nitrogen and oxygen atoms in total. The number of benzene rings is 4. The first-order valence-corrected chi connectivity index (χ1v) is 12.4. The van der Waals surface area contributed by atoms with Crippen molar-refractivity contribution in [3.05, 3.63) is 154 Å². The lowest BCUT2D eigenvalue weighted by Crippen LogP contribution is -2.32. The Balaban J connectivity index is 1.75. The highest BCUT2D eigenvalue weighted by Crippen LogP contribution is 2.60. The van der Waals surface area contributed by atoms with Gasteiger partial charge in [0.1, 0.15) is 0 Å². The van der Waals surface area contributed by atoms with Crippen LogP contribution < -0.4 is 0 Å². The van der Waals surface area contributed by atoms with Crippen LogP contribution in [0.4, 0.5) is 0 Å². The molecule has 0 radical (unpaired) electrons. The van der Waals surface area contributed by atoms with Crippen LogP contribution in [0.3, 0.4) is 0 Å². The molecular weight excluding hydrogens is 408 g/mol. The second-order valence-electron chi connectivity index (χ2n) is 9.65. The van der Waals surface area contributed by atoms with E-state index in [-0.39, 0.29) is 5.41 Å². The number of hydrogen-bond donors (Lipinski definition) is 0. The summed E-state index contributed by atoms with van der Waals surface area (Å²) in [7, 11) is 0. The molecule has 0 heterocycles. The summed E-state index contributed by atoms with van der Waals surface area (Å²) >= 11 is 0. The zero-order valence-electron chi connectivity index (χ0n) is 20.0. The van der Waals surface area contributed by atoms with Gasteiger partial charge in [0, 0.05) is 5.92 Å². The van der Waals surface area contributed by atoms with Crippen LogP contribution >= 0.6 is 0 Å². The van der Waals surface area contributed by atoms with E-state index in [4.69, 9.17) is 0 Å². The summed E-state index contributed by atoms with van der Waals surface area (Å²) in [6.45, 7) is 4.67. The van der Waals surface area contributed by atoms with Crippen molar-refractivity contribution >= 4 is 0 Å². The van der Waals surface area contributed by atoms with Gasteiger partial charge in [0.05, 0.1) is 5.41 Å². The van der Waals surface area contributed by atoms with Gasteiger partial charge in [-0.1, -0.05) is 128 Å². The maximum atomic E-state index is 2.51. The van der Waals surface area contributed by atoms with E-state index in [0.29, 0.717) is 5.92 Å². The van der Waals surface area contributed by atoms with E-state index in [1.165, 1.54) is 50.1 Å². The van der Waals surface area contributed by atoms with Gasteiger partial charge in [0.2, 0.25) is 0 Å². The predicted octanol–water partition coefficient (Wildman–Crippen LogP) is 8.82. The zero-order chi connectivity index (χ0) is 23.1. The number of rotatable bonds is 4. The maximum Gasteiger partial charge on any atom is 0.0715 e. The minimum absolute atomic E-state index is 0.294. The molecule has 2 atom stereocenters. The van der Waals surface area contributed by atoms with E-state index >= 15 is 0 Å². The minimum atomic E-state index is -0.312. The van der Waals surface area contributed by atoms with E-state index < -0.39 is 0 Å². The van der Waals surface area contributed by atoms with E-state index in [2.05, 4.69) is 129 Å². The van der Waals surface area contributed by atoms with Crippen LogP contribution in [0, 0.1) is 0 Å². The van der Waals surface area contributed by atoms with Crippen LogP contribution in [0.1, 0.15) is 60.4 Å². The second kappa shape index (κ2) is 8.29. The second-order valence-corrected chi connectivity index (χ2v) is 9.65. The fraction of sp³-hybridized carbons (Fsp3) is 0.176. The number of hydrogen-bond acceptors (Lipinski definition) is 0. The van der Waals surface area contributed by atoms with Gasteiger partial charge < -0.3 is 0 Å². The van der Waals surface area contributed by atoms with Crippen molar-refractivity contribution in [2.75, 3.05) is 0 Å². The first-order valence-electron chi connectivity index (χ1n) is 12.4. The molecule has 34 heavy (non-hydrogen) atoms. The number of allylic oxidation sites excluding steroid dienone is 4. The molecule has 4 aromatic rings. The zero-order valence-corrected chi connectivity index (χ0v) is 20.0. The quantitative estimate of drug-likeness (QED) is 0.298. The summed E-state index contributed by atoms with van der Waals surface area (Å²) in [6.07, 6.45) is 7.16. The highest BCUT2D eigenvalue weighted by atomic mass is 14.5. The Kier molecular flexibility index (Phi) is 5.11. The molecule has 2 unspecified atom stereocenters. The molecule has 0 saturated carbocycles. The summed E-state index contributed by atoms with van der Waals surface area (Å²) < 4.78 is 0. The molecule has 0 spiro atoms. The Bertz CT molecular complexity index is 1410. The summed E-state index contributed by atoms with van der Waals surface area (Å²) in [5.74, 6) is 0.294. The molecule has 6 rings (SSSR count). The molecule has 0 heteroatoms. The van der Waals surface area contributed by atoms with E-state index in [9.17, 15) is 0 Å².